The van der Waals surface area contributed by atoms with Gasteiger partial charge in [-0.25, -0.2) is 4.79 Å². The number of rotatable bonds is 4. The standard InChI is InChI=1S/C15H12N2O4S/c1-20-10-4-2-9(3-5-10)17-8-11(16-15(17)22)12-6-7-13(21-12)14(18)19/h2-8H,1H3,(H,16,22)(H,18,19). The lowest BCUT2D eigenvalue weighted by molar-refractivity contribution is 0.0663. The summed E-state index contributed by atoms with van der Waals surface area (Å²) in [5.41, 5.74) is 1.46. The Morgan fingerprint density at radius 1 is 1.27 bits per heavy atom. The van der Waals surface area contributed by atoms with Gasteiger partial charge in [-0.05, 0) is 48.6 Å². The van der Waals surface area contributed by atoms with E-state index in [0.717, 1.165) is 11.4 Å². The third-order valence-corrected chi connectivity index (χ3v) is 3.45. The largest absolute Gasteiger partial charge is 0.497 e. The number of aromatic nitrogens is 2. The van der Waals surface area contributed by atoms with Crippen LogP contribution in [0.2, 0.25) is 0 Å². The van der Waals surface area contributed by atoms with Crippen LogP contribution in [0, 0.1) is 4.77 Å². The Labute approximate surface area is 130 Å². The van der Waals surface area contributed by atoms with Crippen molar-refractivity contribution in [2.24, 2.45) is 0 Å². The Kier molecular flexibility index (Phi) is 3.56. The molecule has 0 fully saturated rings. The van der Waals surface area contributed by atoms with E-state index in [-0.39, 0.29) is 5.76 Å². The SMILES string of the molecule is COc1ccc(-n2cc(-c3ccc(C(=O)O)o3)[nH]c2=S)cc1. The average molecular weight is 316 g/mol. The number of benzene rings is 1. The van der Waals surface area contributed by atoms with Crippen LogP contribution in [0.5, 0.6) is 5.75 Å². The molecule has 2 heterocycles. The number of nitrogens with zero attached hydrogens (tertiary/aromatic N) is 1. The zero-order valence-corrected chi connectivity index (χ0v) is 12.4. The fourth-order valence-electron chi connectivity index (χ4n) is 2.05. The summed E-state index contributed by atoms with van der Waals surface area (Å²) < 4.78 is 12.6. The number of aromatic amines is 1. The van der Waals surface area contributed by atoms with Crippen molar-refractivity contribution < 1.29 is 19.1 Å². The van der Waals surface area contributed by atoms with Crippen molar-refractivity contribution in [3.63, 3.8) is 0 Å². The molecule has 22 heavy (non-hydrogen) atoms. The number of methoxy groups -OCH3 is 1. The number of hydrogen-bond donors (Lipinski definition) is 2. The minimum atomic E-state index is -1.11. The van der Waals surface area contributed by atoms with Crippen LogP contribution in [0.15, 0.2) is 47.0 Å². The van der Waals surface area contributed by atoms with Crippen molar-refractivity contribution >= 4 is 18.2 Å². The van der Waals surface area contributed by atoms with Crippen molar-refractivity contribution in [1.29, 1.82) is 0 Å². The molecule has 0 amide bonds. The van der Waals surface area contributed by atoms with E-state index in [4.69, 9.17) is 26.5 Å². The number of carboxylic acid groups (broad SMARTS) is 1. The smallest absolute Gasteiger partial charge is 0.371 e. The van der Waals surface area contributed by atoms with E-state index in [1.807, 2.05) is 24.3 Å². The fourth-order valence-corrected chi connectivity index (χ4v) is 2.32. The van der Waals surface area contributed by atoms with Crippen molar-refractivity contribution in [3.05, 3.63) is 53.1 Å². The van der Waals surface area contributed by atoms with Gasteiger partial charge < -0.3 is 19.2 Å². The molecule has 0 aliphatic rings. The number of imidazole rings is 1. The lowest BCUT2D eigenvalue weighted by atomic mass is 10.3. The molecule has 3 rings (SSSR count). The minimum absolute atomic E-state index is 0.119. The van der Waals surface area contributed by atoms with Crippen molar-refractivity contribution in [2.45, 2.75) is 0 Å². The van der Waals surface area contributed by atoms with E-state index in [0.29, 0.717) is 16.2 Å². The number of nitrogens with one attached hydrogen (secondary N) is 1. The first kappa shape index (κ1) is 14.2. The van der Waals surface area contributed by atoms with Gasteiger partial charge in [-0.15, -0.1) is 0 Å². The van der Waals surface area contributed by atoms with Crippen LogP contribution in [-0.4, -0.2) is 27.7 Å². The Morgan fingerprint density at radius 3 is 2.59 bits per heavy atom. The van der Waals surface area contributed by atoms with Crippen LogP contribution >= 0.6 is 12.2 Å². The highest BCUT2D eigenvalue weighted by Crippen LogP contribution is 2.23. The molecule has 0 aliphatic heterocycles. The summed E-state index contributed by atoms with van der Waals surface area (Å²) in [6.07, 6.45) is 1.76. The van der Waals surface area contributed by atoms with E-state index in [1.165, 1.54) is 6.07 Å². The van der Waals surface area contributed by atoms with Gasteiger partial charge in [0, 0.05) is 11.9 Å². The second-order valence-corrected chi connectivity index (χ2v) is 4.90. The molecule has 3 aromatic rings. The highest BCUT2D eigenvalue weighted by Gasteiger charge is 2.12. The van der Waals surface area contributed by atoms with Gasteiger partial charge in [0.1, 0.15) is 11.4 Å². The van der Waals surface area contributed by atoms with Gasteiger partial charge in [-0.2, -0.15) is 0 Å². The molecule has 1 aromatic carbocycles. The Hall–Kier alpha value is -2.80. The summed E-state index contributed by atoms with van der Waals surface area (Å²) in [4.78, 5) is 13.9. The Morgan fingerprint density at radius 2 is 2.00 bits per heavy atom. The summed E-state index contributed by atoms with van der Waals surface area (Å²) in [5.74, 6) is -0.0649. The third kappa shape index (κ3) is 2.53. The number of H-pyrrole nitrogens is 1. The van der Waals surface area contributed by atoms with Crippen LogP contribution in [0.3, 0.4) is 0 Å². The van der Waals surface area contributed by atoms with Gasteiger partial charge in [0.05, 0.1) is 7.11 Å². The van der Waals surface area contributed by atoms with Crippen molar-refractivity contribution in [3.8, 4) is 22.9 Å². The van der Waals surface area contributed by atoms with Crippen LogP contribution in [-0.2, 0) is 0 Å². The summed E-state index contributed by atoms with van der Waals surface area (Å²) >= 11 is 5.29. The number of hydrogen-bond acceptors (Lipinski definition) is 4. The minimum Gasteiger partial charge on any atom is -0.497 e. The number of aromatic carboxylic acids is 1. The quantitative estimate of drug-likeness (QED) is 0.720. The Balaban J connectivity index is 1.99. The first-order chi connectivity index (χ1) is 10.6. The zero-order chi connectivity index (χ0) is 15.7. The summed E-state index contributed by atoms with van der Waals surface area (Å²) in [6.45, 7) is 0. The van der Waals surface area contributed by atoms with Crippen LogP contribution in [0.4, 0.5) is 0 Å². The number of furan rings is 1. The van der Waals surface area contributed by atoms with Gasteiger partial charge in [0.2, 0.25) is 5.76 Å². The molecule has 2 aromatic heterocycles. The highest BCUT2D eigenvalue weighted by molar-refractivity contribution is 7.71. The topological polar surface area (TPSA) is 80.4 Å². The summed E-state index contributed by atoms with van der Waals surface area (Å²) in [5, 5.41) is 8.89. The van der Waals surface area contributed by atoms with E-state index >= 15 is 0 Å². The molecule has 112 valence electrons. The predicted molar refractivity (Wildman–Crippen MR) is 82.2 cm³/mol. The lowest BCUT2D eigenvalue weighted by Crippen LogP contribution is -1.92. The third-order valence-electron chi connectivity index (χ3n) is 3.15. The average Bonchev–Trinajstić information content (AvgIpc) is 3.14. The van der Waals surface area contributed by atoms with Crippen LogP contribution in [0.25, 0.3) is 17.1 Å². The van der Waals surface area contributed by atoms with Gasteiger partial charge >= 0.3 is 5.97 Å². The molecular formula is C15H12N2O4S. The molecule has 0 unspecified atom stereocenters. The predicted octanol–water partition coefficient (Wildman–Crippen LogP) is 3.50. The Bertz CT molecular complexity index is 874. The number of carbonyl (C=O) groups is 1. The summed E-state index contributed by atoms with van der Waals surface area (Å²) in [7, 11) is 1.60. The summed E-state index contributed by atoms with van der Waals surface area (Å²) in [6, 6.07) is 10.4. The first-order valence-corrected chi connectivity index (χ1v) is 6.79. The molecule has 2 N–H and O–H groups in total. The van der Waals surface area contributed by atoms with Gasteiger partial charge in [-0.1, -0.05) is 0 Å². The second-order valence-electron chi connectivity index (χ2n) is 4.51. The molecule has 0 saturated heterocycles. The molecule has 0 radical (unpaired) electrons. The number of ether oxygens (including phenoxy) is 1. The second kappa shape index (κ2) is 5.53. The highest BCUT2D eigenvalue weighted by atomic mass is 32.1. The van der Waals surface area contributed by atoms with Gasteiger partial charge in [-0.3, -0.25) is 4.57 Å². The van der Waals surface area contributed by atoms with E-state index in [1.54, 1.807) is 23.9 Å². The van der Waals surface area contributed by atoms with E-state index in [9.17, 15) is 4.79 Å². The van der Waals surface area contributed by atoms with E-state index < -0.39 is 5.97 Å². The molecule has 0 atom stereocenters. The molecule has 0 saturated carbocycles. The molecule has 0 spiro atoms. The van der Waals surface area contributed by atoms with Crippen molar-refractivity contribution in [2.75, 3.05) is 7.11 Å². The van der Waals surface area contributed by atoms with Crippen molar-refractivity contribution in [1.82, 2.24) is 9.55 Å². The molecule has 0 aliphatic carbocycles. The fraction of sp³-hybridized carbons (Fsp3) is 0.0667. The number of carboxylic acids is 1. The maximum Gasteiger partial charge on any atom is 0.371 e. The molecule has 7 heteroatoms. The maximum atomic E-state index is 10.9. The monoisotopic (exact) mass is 316 g/mol. The normalized spacial score (nSPS) is 10.6. The molecular weight excluding hydrogens is 304 g/mol. The van der Waals surface area contributed by atoms with Crippen LogP contribution < -0.4 is 4.74 Å². The lowest BCUT2D eigenvalue weighted by Gasteiger charge is -2.03. The zero-order valence-electron chi connectivity index (χ0n) is 11.6. The van der Waals surface area contributed by atoms with Gasteiger partial charge in [0.25, 0.3) is 0 Å². The van der Waals surface area contributed by atoms with Crippen LogP contribution in [0.1, 0.15) is 10.6 Å². The first-order valence-electron chi connectivity index (χ1n) is 6.38. The molecule has 6 nitrogen and oxygen atoms in total. The van der Waals surface area contributed by atoms with E-state index in [2.05, 4.69) is 4.98 Å². The van der Waals surface area contributed by atoms with Gasteiger partial charge in [0.15, 0.2) is 10.5 Å². The molecule has 0 bridgehead atoms. The maximum absolute atomic E-state index is 10.9.